The number of aromatic nitrogens is 4. The third kappa shape index (κ3) is 3.37. The molecule has 1 aliphatic carbocycles. The Morgan fingerprint density at radius 1 is 1.24 bits per heavy atom. The van der Waals surface area contributed by atoms with Crippen LogP contribution in [0.5, 0.6) is 0 Å². The van der Waals surface area contributed by atoms with E-state index in [2.05, 4.69) is 15.4 Å². The number of furan rings is 1. The van der Waals surface area contributed by atoms with Crippen molar-refractivity contribution < 1.29 is 9.21 Å². The van der Waals surface area contributed by atoms with Gasteiger partial charge in [0, 0.05) is 29.7 Å². The van der Waals surface area contributed by atoms with E-state index in [1.807, 2.05) is 30.5 Å². The fourth-order valence-electron chi connectivity index (χ4n) is 3.62. The van der Waals surface area contributed by atoms with Crippen LogP contribution in [0.1, 0.15) is 24.4 Å². The van der Waals surface area contributed by atoms with Crippen molar-refractivity contribution in [2.75, 3.05) is 6.54 Å². The summed E-state index contributed by atoms with van der Waals surface area (Å²) in [5.41, 5.74) is 1.80. The molecule has 0 spiro atoms. The Morgan fingerprint density at radius 2 is 2.10 bits per heavy atom. The van der Waals surface area contributed by atoms with Crippen LogP contribution in [0.3, 0.4) is 0 Å². The molecule has 1 fully saturated rings. The molecule has 8 heteroatoms. The summed E-state index contributed by atoms with van der Waals surface area (Å²) in [4.78, 5) is 28.3. The van der Waals surface area contributed by atoms with Gasteiger partial charge in [0.2, 0.25) is 11.7 Å². The minimum Gasteiger partial charge on any atom is -0.461 e. The highest BCUT2D eigenvalue weighted by molar-refractivity contribution is 5.88. The topological polar surface area (TPSA) is 97.8 Å². The summed E-state index contributed by atoms with van der Waals surface area (Å²) in [6.07, 6.45) is 5.66. The molecule has 0 bridgehead atoms. The van der Waals surface area contributed by atoms with Gasteiger partial charge in [-0.15, -0.1) is 5.10 Å². The number of nitrogens with one attached hydrogen (secondary N) is 2. The zero-order valence-electron chi connectivity index (χ0n) is 15.8. The van der Waals surface area contributed by atoms with Gasteiger partial charge in [-0.25, -0.2) is 9.48 Å². The van der Waals surface area contributed by atoms with Crippen molar-refractivity contribution in [1.29, 1.82) is 0 Å². The number of para-hydroxylation sites is 1. The highest BCUT2D eigenvalue weighted by Crippen LogP contribution is 2.36. The lowest BCUT2D eigenvalue weighted by molar-refractivity contribution is -0.120. The molecule has 1 aliphatic rings. The van der Waals surface area contributed by atoms with Crippen LogP contribution >= 0.6 is 0 Å². The second kappa shape index (κ2) is 7.12. The van der Waals surface area contributed by atoms with Crippen LogP contribution in [-0.4, -0.2) is 31.8 Å². The van der Waals surface area contributed by atoms with Crippen molar-refractivity contribution in [2.24, 2.45) is 0 Å². The smallest absolute Gasteiger partial charge is 0.346 e. The van der Waals surface area contributed by atoms with Gasteiger partial charge in [-0.1, -0.05) is 18.2 Å². The van der Waals surface area contributed by atoms with Gasteiger partial charge in [-0.2, -0.15) is 0 Å². The average molecular weight is 391 g/mol. The zero-order valence-corrected chi connectivity index (χ0v) is 15.8. The fourth-order valence-corrected chi connectivity index (χ4v) is 3.62. The number of carbonyl (C=O) groups excluding carboxylic acids is 1. The van der Waals surface area contributed by atoms with E-state index in [9.17, 15) is 9.59 Å². The van der Waals surface area contributed by atoms with Crippen LogP contribution in [0.25, 0.3) is 22.5 Å². The van der Waals surface area contributed by atoms with Crippen molar-refractivity contribution in [3.8, 4) is 11.6 Å². The lowest BCUT2D eigenvalue weighted by atomic mass is 10.1. The minimum absolute atomic E-state index is 0.0873. The molecule has 148 valence electrons. The van der Waals surface area contributed by atoms with Crippen molar-refractivity contribution >= 4 is 16.8 Å². The quantitative estimate of drug-likeness (QED) is 0.506. The van der Waals surface area contributed by atoms with Crippen molar-refractivity contribution in [3.63, 3.8) is 0 Å². The number of H-pyrrole nitrogens is 1. The van der Waals surface area contributed by atoms with Gasteiger partial charge in [0.05, 0.1) is 19.2 Å². The average Bonchev–Trinajstić information content (AvgIpc) is 3.13. The Morgan fingerprint density at radius 3 is 2.90 bits per heavy atom. The summed E-state index contributed by atoms with van der Waals surface area (Å²) in [5.74, 6) is 1.04. The monoisotopic (exact) mass is 391 g/mol. The Balaban J connectivity index is 1.25. The third-order valence-corrected chi connectivity index (χ3v) is 5.20. The molecule has 0 radical (unpaired) electrons. The van der Waals surface area contributed by atoms with Crippen molar-refractivity contribution in [2.45, 2.75) is 31.8 Å². The number of nitrogens with zero attached hydrogens (tertiary/aromatic N) is 3. The normalized spacial score (nSPS) is 13.8. The highest BCUT2D eigenvalue weighted by atomic mass is 16.3. The maximum absolute atomic E-state index is 12.7. The summed E-state index contributed by atoms with van der Waals surface area (Å²) < 4.78 is 8.54. The molecule has 0 saturated heterocycles. The predicted octanol–water partition coefficient (Wildman–Crippen LogP) is 2.48. The summed E-state index contributed by atoms with van der Waals surface area (Å²) >= 11 is 0. The first-order valence-corrected chi connectivity index (χ1v) is 9.75. The van der Waals surface area contributed by atoms with Crippen molar-refractivity contribution in [1.82, 2.24) is 24.6 Å². The molecule has 1 aromatic carbocycles. The van der Waals surface area contributed by atoms with Gasteiger partial charge < -0.3 is 14.7 Å². The van der Waals surface area contributed by atoms with Gasteiger partial charge in [-0.3, -0.25) is 9.36 Å². The number of rotatable bonds is 7. The van der Waals surface area contributed by atoms with Gasteiger partial charge >= 0.3 is 5.69 Å². The molecule has 3 aromatic heterocycles. The minimum atomic E-state index is -0.162. The van der Waals surface area contributed by atoms with E-state index in [0.29, 0.717) is 24.7 Å². The molecular formula is C21H21N5O3. The first-order chi connectivity index (χ1) is 14.2. The van der Waals surface area contributed by atoms with E-state index in [4.69, 9.17) is 4.42 Å². The van der Waals surface area contributed by atoms with Gasteiger partial charge in [-0.05, 0) is 36.6 Å². The van der Waals surface area contributed by atoms with Crippen LogP contribution in [0.15, 0.2) is 58.1 Å². The molecule has 0 aliphatic heterocycles. The van der Waals surface area contributed by atoms with Gasteiger partial charge in [0.15, 0.2) is 5.76 Å². The Bertz CT molecular complexity index is 1210. The van der Waals surface area contributed by atoms with Crippen LogP contribution < -0.4 is 11.0 Å². The number of fused-ring (bicyclic) bond motifs is 1. The van der Waals surface area contributed by atoms with E-state index in [1.165, 1.54) is 4.68 Å². The van der Waals surface area contributed by atoms with Crippen LogP contribution in [0, 0.1) is 0 Å². The molecule has 29 heavy (non-hydrogen) atoms. The second-order valence-electron chi connectivity index (χ2n) is 7.29. The predicted molar refractivity (Wildman–Crippen MR) is 107 cm³/mol. The molecule has 1 amide bonds. The highest BCUT2D eigenvalue weighted by Gasteiger charge is 2.31. The van der Waals surface area contributed by atoms with E-state index >= 15 is 0 Å². The summed E-state index contributed by atoms with van der Waals surface area (Å²) in [6.45, 7) is 0.645. The third-order valence-electron chi connectivity index (χ3n) is 5.20. The fraction of sp³-hybridized carbons (Fsp3) is 0.286. The Kier molecular flexibility index (Phi) is 4.31. The standard InChI is InChI=1S/C21H21N5O3/c27-19(12-14-13-23-17-5-2-1-4-16(14)17)22-9-10-25-21(28)26(15-7-8-15)20(24-25)18-6-3-11-29-18/h1-6,11,13,15,23H,7-10,12H2,(H,22,27). The molecule has 5 rings (SSSR count). The summed E-state index contributed by atoms with van der Waals surface area (Å²) in [7, 11) is 0. The number of amides is 1. The largest absolute Gasteiger partial charge is 0.461 e. The molecule has 0 unspecified atom stereocenters. The van der Waals surface area contributed by atoms with Gasteiger partial charge in [0.25, 0.3) is 0 Å². The van der Waals surface area contributed by atoms with E-state index < -0.39 is 0 Å². The Labute approximate surface area is 166 Å². The Hall–Kier alpha value is -3.55. The van der Waals surface area contributed by atoms with E-state index in [0.717, 1.165) is 29.3 Å². The maximum Gasteiger partial charge on any atom is 0.346 e. The van der Waals surface area contributed by atoms with Crippen LogP contribution in [0.2, 0.25) is 0 Å². The number of aromatic amines is 1. The number of hydrogen-bond acceptors (Lipinski definition) is 4. The molecule has 1 saturated carbocycles. The van der Waals surface area contributed by atoms with E-state index in [-0.39, 0.29) is 24.1 Å². The molecule has 4 aromatic rings. The summed E-state index contributed by atoms with van der Waals surface area (Å²) in [5, 5.41) is 8.37. The van der Waals surface area contributed by atoms with Crippen LogP contribution in [0.4, 0.5) is 0 Å². The molecule has 3 heterocycles. The number of carbonyl (C=O) groups is 1. The lowest BCUT2D eigenvalue weighted by Gasteiger charge is -2.04. The maximum atomic E-state index is 12.7. The second-order valence-corrected chi connectivity index (χ2v) is 7.29. The first-order valence-electron chi connectivity index (χ1n) is 9.75. The molecule has 0 atom stereocenters. The van der Waals surface area contributed by atoms with Crippen LogP contribution in [-0.2, 0) is 17.8 Å². The van der Waals surface area contributed by atoms with E-state index in [1.54, 1.807) is 23.0 Å². The number of hydrogen-bond donors (Lipinski definition) is 2. The number of benzene rings is 1. The summed E-state index contributed by atoms with van der Waals surface area (Å²) in [6, 6.07) is 11.7. The lowest BCUT2D eigenvalue weighted by Crippen LogP contribution is -2.32. The molecular weight excluding hydrogens is 370 g/mol. The van der Waals surface area contributed by atoms with Gasteiger partial charge in [0.1, 0.15) is 0 Å². The molecule has 8 nitrogen and oxygen atoms in total. The SMILES string of the molecule is O=C(Cc1c[nH]c2ccccc12)NCCn1nc(-c2ccco2)n(C2CC2)c1=O. The molecule has 2 N–H and O–H groups in total. The first kappa shape index (κ1) is 17.5. The zero-order chi connectivity index (χ0) is 19.8. The van der Waals surface area contributed by atoms with Crippen molar-refractivity contribution in [3.05, 3.63) is 64.9 Å².